The van der Waals surface area contributed by atoms with E-state index in [1.807, 2.05) is 0 Å². The zero-order chi connectivity index (χ0) is 13.9. The van der Waals surface area contributed by atoms with Gasteiger partial charge in [-0.15, -0.1) is 0 Å². The lowest BCUT2D eigenvalue weighted by Crippen LogP contribution is -2.67. The maximum absolute atomic E-state index is 12.7. The molecular formula is C14H24N2O3. The van der Waals surface area contributed by atoms with Gasteiger partial charge in [-0.05, 0) is 19.3 Å². The standard InChI is InChI=1S/C14H24N2O3/c1-3-6-11(10-19-2)16-9-12(17)15-14(13(16)18)7-4-5-8-14/h11H,3-10H2,1-2H3,(H,15,17). The van der Waals surface area contributed by atoms with Crippen molar-refractivity contribution in [1.29, 1.82) is 0 Å². The molecule has 1 heterocycles. The second-order valence-electron chi connectivity index (χ2n) is 5.67. The molecule has 2 amide bonds. The average Bonchev–Trinajstić information content (AvgIpc) is 2.83. The van der Waals surface area contributed by atoms with E-state index >= 15 is 0 Å². The summed E-state index contributed by atoms with van der Waals surface area (Å²) in [6.07, 6.45) is 5.44. The summed E-state index contributed by atoms with van der Waals surface area (Å²) < 4.78 is 5.22. The highest BCUT2D eigenvalue weighted by atomic mass is 16.5. The number of carbonyl (C=O) groups is 2. The van der Waals surface area contributed by atoms with Crippen LogP contribution >= 0.6 is 0 Å². The topological polar surface area (TPSA) is 58.6 Å². The first kappa shape index (κ1) is 14.3. The Balaban J connectivity index is 2.18. The molecule has 1 aliphatic carbocycles. The molecule has 1 saturated heterocycles. The molecule has 0 aromatic carbocycles. The Bertz CT molecular complexity index is 345. The third-order valence-corrected chi connectivity index (χ3v) is 4.24. The van der Waals surface area contributed by atoms with Crippen molar-refractivity contribution in [2.75, 3.05) is 20.3 Å². The summed E-state index contributed by atoms with van der Waals surface area (Å²) in [6, 6.07) is 0.0195. The van der Waals surface area contributed by atoms with Gasteiger partial charge in [0.1, 0.15) is 12.1 Å². The van der Waals surface area contributed by atoms with Gasteiger partial charge >= 0.3 is 0 Å². The number of amides is 2. The van der Waals surface area contributed by atoms with Gasteiger partial charge in [0.2, 0.25) is 11.8 Å². The van der Waals surface area contributed by atoms with Gasteiger partial charge in [0.05, 0.1) is 12.6 Å². The summed E-state index contributed by atoms with van der Waals surface area (Å²) in [7, 11) is 1.64. The first-order valence-electron chi connectivity index (χ1n) is 7.24. The number of nitrogens with one attached hydrogen (secondary N) is 1. The lowest BCUT2D eigenvalue weighted by Gasteiger charge is -2.43. The molecular weight excluding hydrogens is 244 g/mol. The maximum atomic E-state index is 12.7. The minimum Gasteiger partial charge on any atom is -0.383 e. The number of methoxy groups -OCH3 is 1. The van der Waals surface area contributed by atoms with Crippen LogP contribution in [0.1, 0.15) is 45.4 Å². The highest BCUT2D eigenvalue weighted by molar-refractivity contribution is 5.98. The van der Waals surface area contributed by atoms with E-state index in [1.54, 1.807) is 12.0 Å². The molecule has 1 saturated carbocycles. The zero-order valence-corrected chi connectivity index (χ0v) is 11.9. The van der Waals surface area contributed by atoms with Gasteiger partial charge in [-0.1, -0.05) is 26.2 Å². The van der Waals surface area contributed by atoms with Crippen LogP contribution in [0.4, 0.5) is 0 Å². The third-order valence-electron chi connectivity index (χ3n) is 4.24. The second-order valence-corrected chi connectivity index (χ2v) is 5.67. The third kappa shape index (κ3) is 2.76. The molecule has 19 heavy (non-hydrogen) atoms. The molecule has 2 rings (SSSR count). The van der Waals surface area contributed by atoms with Crippen LogP contribution in [0.25, 0.3) is 0 Å². The predicted octanol–water partition coefficient (Wildman–Crippen LogP) is 1.07. The van der Waals surface area contributed by atoms with Crippen molar-refractivity contribution >= 4 is 11.8 Å². The fourth-order valence-electron chi connectivity index (χ4n) is 3.33. The van der Waals surface area contributed by atoms with Gasteiger partial charge in [-0.25, -0.2) is 0 Å². The molecule has 108 valence electrons. The van der Waals surface area contributed by atoms with Crippen molar-refractivity contribution in [3.8, 4) is 0 Å². The average molecular weight is 268 g/mol. The van der Waals surface area contributed by atoms with E-state index in [9.17, 15) is 9.59 Å². The van der Waals surface area contributed by atoms with E-state index in [0.717, 1.165) is 38.5 Å². The van der Waals surface area contributed by atoms with Crippen molar-refractivity contribution in [2.24, 2.45) is 0 Å². The molecule has 2 aliphatic rings. The maximum Gasteiger partial charge on any atom is 0.249 e. The van der Waals surface area contributed by atoms with Crippen LogP contribution < -0.4 is 5.32 Å². The second kappa shape index (κ2) is 5.90. The normalized spacial score (nSPS) is 23.8. The lowest BCUT2D eigenvalue weighted by molar-refractivity contribution is -0.153. The Morgan fingerprint density at radius 2 is 2.05 bits per heavy atom. The van der Waals surface area contributed by atoms with Gasteiger partial charge < -0.3 is 15.0 Å². The Labute approximate surface area is 114 Å². The van der Waals surface area contributed by atoms with E-state index in [1.165, 1.54) is 0 Å². The molecule has 1 unspecified atom stereocenters. The zero-order valence-electron chi connectivity index (χ0n) is 11.9. The van der Waals surface area contributed by atoms with Crippen LogP contribution in [0, 0.1) is 0 Å². The SMILES string of the molecule is CCCC(COC)N1CC(=O)NC2(CCCC2)C1=O. The summed E-state index contributed by atoms with van der Waals surface area (Å²) in [4.78, 5) is 26.4. The Morgan fingerprint density at radius 3 is 2.63 bits per heavy atom. The van der Waals surface area contributed by atoms with E-state index < -0.39 is 5.54 Å². The van der Waals surface area contributed by atoms with Crippen LogP contribution in [-0.2, 0) is 14.3 Å². The predicted molar refractivity (Wildman–Crippen MR) is 71.6 cm³/mol. The minimum absolute atomic E-state index is 0.0195. The minimum atomic E-state index is -0.616. The summed E-state index contributed by atoms with van der Waals surface area (Å²) in [5, 5.41) is 2.94. The molecule has 0 bridgehead atoms. The molecule has 1 spiro atoms. The van der Waals surface area contributed by atoms with Crippen LogP contribution in [0.5, 0.6) is 0 Å². The first-order chi connectivity index (χ1) is 9.13. The van der Waals surface area contributed by atoms with Gasteiger partial charge in [-0.2, -0.15) is 0 Å². The van der Waals surface area contributed by atoms with Crippen molar-refractivity contribution in [2.45, 2.75) is 57.0 Å². The first-order valence-corrected chi connectivity index (χ1v) is 7.24. The van der Waals surface area contributed by atoms with Crippen molar-refractivity contribution in [3.63, 3.8) is 0 Å². The summed E-state index contributed by atoms with van der Waals surface area (Å²) in [5.41, 5.74) is -0.616. The number of rotatable bonds is 5. The Kier molecular flexibility index (Phi) is 4.45. The lowest BCUT2D eigenvalue weighted by atomic mass is 9.91. The molecule has 2 fully saturated rings. The van der Waals surface area contributed by atoms with Crippen molar-refractivity contribution in [3.05, 3.63) is 0 Å². The summed E-state index contributed by atoms with van der Waals surface area (Å²) in [6.45, 7) is 2.76. The van der Waals surface area contributed by atoms with Crippen LogP contribution in [0.3, 0.4) is 0 Å². The van der Waals surface area contributed by atoms with Gasteiger partial charge in [0.25, 0.3) is 0 Å². The molecule has 0 radical (unpaired) electrons. The molecule has 1 atom stereocenters. The van der Waals surface area contributed by atoms with Gasteiger partial charge in [-0.3, -0.25) is 9.59 Å². The molecule has 5 heteroatoms. The van der Waals surface area contributed by atoms with Crippen LogP contribution in [0.15, 0.2) is 0 Å². The quantitative estimate of drug-likeness (QED) is 0.811. The summed E-state index contributed by atoms with van der Waals surface area (Å²) in [5.74, 6) is 0.0683. The fourth-order valence-corrected chi connectivity index (χ4v) is 3.33. The molecule has 5 nitrogen and oxygen atoms in total. The monoisotopic (exact) mass is 268 g/mol. The van der Waals surface area contributed by atoms with Crippen LogP contribution in [0.2, 0.25) is 0 Å². The number of hydrogen-bond acceptors (Lipinski definition) is 3. The van der Waals surface area contributed by atoms with E-state index in [0.29, 0.717) is 6.61 Å². The number of nitrogens with zero attached hydrogens (tertiary/aromatic N) is 1. The molecule has 1 N–H and O–H groups in total. The summed E-state index contributed by atoms with van der Waals surface area (Å²) >= 11 is 0. The van der Waals surface area contributed by atoms with Gasteiger partial charge in [0.15, 0.2) is 0 Å². The highest BCUT2D eigenvalue weighted by Gasteiger charge is 2.49. The fraction of sp³-hybridized carbons (Fsp3) is 0.857. The van der Waals surface area contributed by atoms with Crippen LogP contribution in [-0.4, -0.2) is 48.6 Å². The number of ether oxygens (including phenoxy) is 1. The van der Waals surface area contributed by atoms with E-state index in [2.05, 4.69) is 12.2 Å². The molecule has 0 aromatic rings. The Morgan fingerprint density at radius 1 is 1.37 bits per heavy atom. The Hall–Kier alpha value is -1.10. The smallest absolute Gasteiger partial charge is 0.249 e. The molecule has 0 aromatic heterocycles. The van der Waals surface area contributed by atoms with E-state index in [4.69, 9.17) is 4.74 Å². The van der Waals surface area contributed by atoms with Crippen molar-refractivity contribution in [1.82, 2.24) is 10.2 Å². The number of piperazine rings is 1. The molecule has 1 aliphatic heterocycles. The number of hydrogen-bond donors (Lipinski definition) is 1. The van der Waals surface area contributed by atoms with E-state index in [-0.39, 0.29) is 24.4 Å². The van der Waals surface area contributed by atoms with Crippen molar-refractivity contribution < 1.29 is 14.3 Å². The van der Waals surface area contributed by atoms with Gasteiger partial charge in [0, 0.05) is 7.11 Å². The number of carbonyl (C=O) groups excluding carboxylic acids is 2. The highest BCUT2D eigenvalue weighted by Crippen LogP contribution is 2.34. The largest absolute Gasteiger partial charge is 0.383 e.